The number of hydrogen-bond donors (Lipinski definition) is 1. The van der Waals surface area contributed by atoms with E-state index in [9.17, 15) is 0 Å². The van der Waals surface area contributed by atoms with Gasteiger partial charge in [-0.1, -0.05) is 27.7 Å². The van der Waals surface area contributed by atoms with Crippen LogP contribution in [0.5, 0.6) is 0 Å². The Morgan fingerprint density at radius 2 is 1.87 bits per heavy atom. The molecule has 1 heterocycles. The van der Waals surface area contributed by atoms with Gasteiger partial charge in [0.25, 0.3) is 0 Å². The van der Waals surface area contributed by atoms with Gasteiger partial charge in [-0.3, -0.25) is 0 Å². The number of imidazole rings is 1. The van der Waals surface area contributed by atoms with Crippen LogP contribution in [0.15, 0.2) is 6.20 Å². The lowest BCUT2D eigenvalue weighted by Gasteiger charge is -2.20. The summed E-state index contributed by atoms with van der Waals surface area (Å²) < 4.78 is 3.12. The highest BCUT2D eigenvalue weighted by Gasteiger charge is 2.14. The fourth-order valence-corrected chi connectivity index (χ4v) is 2.42. The van der Waals surface area contributed by atoms with E-state index in [0.29, 0.717) is 17.9 Å². The van der Waals surface area contributed by atoms with Gasteiger partial charge in [0, 0.05) is 17.9 Å². The smallest absolute Gasteiger partial charge is 0.177 e. The molecule has 0 aliphatic carbocycles. The second-order valence-corrected chi connectivity index (χ2v) is 5.41. The first-order chi connectivity index (χ1) is 6.93. The number of H-pyrrole nitrogens is 1. The maximum atomic E-state index is 5.33. The molecule has 0 fully saturated rings. The molecule has 0 amide bonds. The molecule has 0 saturated heterocycles. The van der Waals surface area contributed by atoms with Crippen LogP contribution in [0.4, 0.5) is 0 Å². The molecule has 2 nitrogen and oxygen atoms in total. The van der Waals surface area contributed by atoms with Gasteiger partial charge in [-0.2, -0.15) is 0 Å². The van der Waals surface area contributed by atoms with Crippen LogP contribution in [0.2, 0.25) is 0 Å². The molecule has 0 aliphatic rings. The first-order valence-electron chi connectivity index (χ1n) is 5.73. The summed E-state index contributed by atoms with van der Waals surface area (Å²) >= 11 is 5.33. The van der Waals surface area contributed by atoms with Gasteiger partial charge < -0.3 is 9.55 Å². The molecule has 0 saturated carbocycles. The van der Waals surface area contributed by atoms with E-state index in [-0.39, 0.29) is 0 Å². The Labute approximate surface area is 97.7 Å². The molecule has 0 aliphatic heterocycles. The van der Waals surface area contributed by atoms with Crippen molar-refractivity contribution < 1.29 is 0 Å². The number of hydrogen-bond acceptors (Lipinski definition) is 1. The monoisotopic (exact) mass is 226 g/mol. The SMILES string of the molecule is CC(C)CC(C)n1c(C(C)C)c[nH]c1=S. The number of nitrogens with zero attached hydrogens (tertiary/aromatic N) is 1. The molecule has 0 spiro atoms. The number of aromatic nitrogens is 2. The van der Waals surface area contributed by atoms with E-state index >= 15 is 0 Å². The highest BCUT2D eigenvalue weighted by molar-refractivity contribution is 7.71. The second kappa shape index (κ2) is 4.97. The van der Waals surface area contributed by atoms with Crippen LogP contribution >= 0.6 is 12.2 Å². The van der Waals surface area contributed by atoms with Crippen molar-refractivity contribution in [3.05, 3.63) is 16.7 Å². The molecule has 1 rings (SSSR count). The van der Waals surface area contributed by atoms with Crippen molar-refractivity contribution in [3.63, 3.8) is 0 Å². The summed E-state index contributed by atoms with van der Waals surface area (Å²) in [7, 11) is 0. The zero-order valence-electron chi connectivity index (χ0n) is 10.4. The second-order valence-electron chi connectivity index (χ2n) is 5.02. The summed E-state index contributed by atoms with van der Waals surface area (Å²) in [4.78, 5) is 3.15. The molecular weight excluding hydrogens is 204 g/mol. The van der Waals surface area contributed by atoms with Crippen molar-refractivity contribution in [2.75, 3.05) is 0 Å². The number of rotatable bonds is 4. The van der Waals surface area contributed by atoms with Gasteiger partial charge in [0.1, 0.15) is 0 Å². The first kappa shape index (κ1) is 12.5. The normalized spacial score (nSPS) is 13.8. The Morgan fingerprint density at radius 1 is 1.27 bits per heavy atom. The van der Waals surface area contributed by atoms with Crippen LogP contribution in [0, 0.1) is 10.7 Å². The first-order valence-corrected chi connectivity index (χ1v) is 6.14. The van der Waals surface area contributed by atoms with Gasteiger partial charge in [0.2, 0.25) is 0 Å². The average molecular weight is 226 g/mol. The predicted octanol–water partition coefficient (Wildman–Crippen LogP) is 4.28. The Balaban J connectivity index is 3.01. The zero-order valence-corrected chi connectivity index (χ0v) is 11.2. The summed E-state index contributed by atoms with van der Waals surface area (Å²) in [5.41, 5.74) is 1.31. The van der Waals surface area contributed by atoms with Gasteiger partial charge >= 0.3 is 0 Å². The van der Waals surface area contributed by atoms with E-state index in [2.05, 4.69) is 44.2 Å². The fourth-order valence-electron chi connectivity index (χ4n) is 2.08. The molecule has 0 radical (unpaired) electrons. The third-order valence-electron chi connectivity index (χ3n) is 2.69. The lowest BCUT2D eigenvalue weighted by molar-refractivity contribution is 0.412. The lowest BCUT2D eigenvalue weighted by Crippen LogP contribution is -2.12. The van der Waals surface area contributed by atoms with Gasteiger partial charge in [0.05, 0.1) is 0 Å². The number of aromatic amines is 1. The highest BCUT2D eigenvalue weighted by Crippen LogP contribution is 2.23. The third-order valence-corrected chi connectivity index (χ3v) is 3.00. The number of nitrogens with one attached hydrogen (secondary N) is 1. The molecule has 1 aromatic rings. The summed E-state index contributed by atoms with van der Waals surface area (Å²) in [5, 5.41) is 0. The van der Waals surface area contributed by atoms with E-state index in [1.165, 1.54) is 12.1 Å². The maximum absolute atomic E-state index is 5.33. The fraction of sp³-hybridized carbons (Fsp3) is 0.750. The van der Waals surface area contributed by atoms with Gasteiger partial charge in [-0.25, -0.2) is 0 Å². The van der Waals surface area contributed by atoms with Crippen molar-refractivity contribution in [1.29, 1.82) is 0 Å². The van der Waals surface area contributed by atoms with E-state index in [1.54, 1.807) is 0 Å². The molecule has 1 unspecified atom stereocenters. The van der Waals surface area contributed by atoms with Crippen molar-refractivity contribution in [1.82, 2.24) is 9.55 Å². The molecule has 1 atom stereocenters. The van der Waals surface area contributed by atoms with E-state index in [4.69, 9.17) is 12.2 Å². The van der Waals surface area contributed by atoms with Crippen LogP contribution in [-0.2, 0) is 0 Å². The third kappa shape index (κ3) is 2.94. The van der Waals surface area contributed by atoms with E-state index in [1.807, 2.05) is 6.20 Å². The molecule has 15 heavy (non-hydrogen) atoms. The molecular formula is C12H22N2S. The summed E-state index contributed by atoms with van der Waals surface area (Å²) in [6.45, 7) is 11.2. The maximum Gasteiger partial charge on any atom is 0.177 e. The Morgan fingerprint density at radius 3 is 2.33 bits per heavy atom. The van der Waals surface area contributed by atoms with Crippen LogP contribution in [0.1, 0.15) is 58.7 Å². The standard InChI is InChI=1S/C12H22N2S/c1-8(2)6-10(5)14-11(9(3)4)7-13-12(14)15/h7-10H,6H2,1-5H3,(H,13,15). The molecule has 86 valence electrons. The minimum Gasteiger partial charge on any atom is -0.337 e. The van der Waals surface area contributed by atoms with Gasteiger partial charge in [0.15, 0.2) is 4.77 Å². The van der Waals surface area contributed by atoms with Gasteiger partial charge in [-0.05, 0) is 37.4 Å². The minimum absolute atomic E-state index is 0.487. The molecule has 3 heteroatoms. The molecule has 0 bridgehead atoms. The van der Waals surface area contributed by atoms with Crippen molar-refractivity contribution in [3.8, 4) is 0 Å². The average Bonchev–Trinajstić information content (AvgIpc) is 2.45. The quantitative estimate of drug-likeness (QED) is 0.760. The lowest BCUT2D eigenvalue weighted by atomic mass is 10.0. The minimum atomic E-state index is 0.487. The van der Waals surface area contributed by atoms with Crippen LogP contribution in [0.25, 0.3) is 0 Å². The van der Waals surface area contributed by atoms with Crippen molar-refractivity contribution in [2.45, 2.75) is 53.0 Å². The van der Waals surface area contributed by atoms with Crippen LogP contribution in [-0.4, -0.2) is 9.55 Å². The Bertz CT molecular complexity index is 360. The Hall–Kier alpha value is -0.570. The van der Waals surface area contributed by atoms with Crippen LogP contribution < -0.4 is 0 Å². The molecule has 1 N–H and O–H groups in total. The topological polar surface area (TPSA) is 20.7 Å². The summed E-state index contributed by atoms with van der Waals surface area (Å²) in [6, 6.07) is 0.487. The van der Waals surface area contributed by atoms with Crippen molar-refractivity contribution in [2.24, 2.45) is 5.92 Å². The molecule has 0 aromatic carbocycles. The molecule has 1 aromatic heterocycles. The largest absolute Gasteiger partial charge is 0.337 e. The highest BCUT2D eigenvalue weighted by atomic mass is 32.1. The van der Waals surface area contributed by atoms with Crippen LogP contribution in [0.3, 0.4) is 0 Å². The summed E-state index contributed by atoms with van der Waals surface area (Å²) in [5.74, 6) is 1.23. The van der Waals surface area contributed by atoms with E-state index < -0.39 is 0 Å². The van der Waals surface area contributed by atoms with E-state index in [0.717, 1.165) is 4.77 Å². The summed E-state index contributed by atoms with van der Waals surface area (Å²) in [6.07, 6.45) is 3.22. The predicted molar refractivity (Wildman–Crippen MR) is 67.9 cm³/mol. The Kier molecular flexibility index (Phi) is 4.14. The zero-order chi connectivity index (χ0) is 11.6. The van der Waals surface area contributed by atoms with Gasteiger partial charge in [-0.15, -0.1) is 0 Å². The van der Waals surface area contributed by atoms with Crippen molar-refractivity contribution >= 4 is 12.2 Å².